The summed E-state index contributed by atoms with van der Waals surface area (Å²) >= 11 is 12.0. The van der Waals surface area contributed by atoms with Gasteiger partial charge in [0.15, 0.2) is 0 Å². The Balaban J connectivity index is 1.85. The maximum Gasteiger partial charge on any atom is 0.255 e. The van der Waals surface area contributed by atoms with E-state index in [1.807, 2.05) is 13.1 Å². The van der Waals surface area contributed by atoms with E-state index in [0.29, 0.717) is 40.8 Å². The van der Waals surface area contributed by atoms with Crippen LogP contribution in [0.3, 0.4) is 0 Å². The second-order valence-corrected chi connectivity index (χ2v) is 6.74. The van der Waals surface area contributed by atoms with Gasteiger partial charge in [0.05, 0.1) is 16.6 Å². The van der Waals surface area contributed by atoms with Gasteiger partial charge in [-0.15, -0.1) is 0 Å². The Bertz CT molecular complexity index is 768. The molecule has 1 saturated heterocycles. The lowest BCUT2D eigenvalue weighted by atomic mass is 10.0. The number of carbonyl (C=O) groups is 1. The standard InChI is InChI=1S/C18H17Cl2FN2O/c1-22-8-9-23(11-17(22)14-4-2-3-5-16(14)21)18(24)13-7-6-12(19)10-15(13)20/h2-7,10,17H,8-9,11H2,1H3. The zero-order valence-corrected chi connectivity index (χ0v) is 14.7. The highest BCUT2D eigenvalue weighted by atomic mass is 35.5. The fraction of sp³-hybridized carbons (Fsp3) is 0.278. The Hall–Kier alpha value is -1.62. The van der Waals surface area contributed by atoms with Crippen LogP contribution >= 0.6 is 23.2 Å². The monoisotopic (exact) mass is 366 g/mol. The topological polar surface area (TPSA) is 23.6 Å². The van der Waals surface area contributed by atoms with Crippen molar-refractivity contribution in [2.45, 2.75) is 6.04 Å². The fourth-order valence-electron chi connectivity index (χ4n) is 2.97. The Morgan fingerprint density at radius 1 is 1.17 bits per heavy atom. The van der Waals surface area contributed by atoms with Crippen LogP contribution in [0.4, 0.5) is 4.39 Å². The molecule has 1 atom stereocenters. The molecule has 1 aliphatic heterocycles. The molecule has 0 N–H and O–H groups in total. The summed E-state index contributed by atoms with van der Waals surface area (Å²) < 4.78 is 14.1. The van der Waals surface area contributed by atoms with Crippen LogP contribution in [0.15, 0.2) is 42.5 Å². The van der Waals surface area contributed by atoms with Crippen molar-refractivity contribution in [3.8, 4) is 0 Å². The number of rotatable bonds is 2. The van der Waals surface area contributed by atoms with Gasteiger partial charge in [0, 0.05) is 30.2 Å². The number of halogens is 3. The molecule has 3 nitrogen and oxygen atoms in total. The van der Waals surface area contributed by atoms with E-state index in [0.717, 1.165) is 0 Å². The van der Waals surface area contributed by atoms with Crippen LogP contribution < -0.4 is 0 Å². The molecule has 0 aliphatic carbocycles. The summed E-state index contributed by atoms with van der Waals surface area (Å²) in [5.74, 6) is -0.417. The largest absolute Gasteiger partial charge is 0.335 e. The van der Waals surface area contributed by atoms with Crippen molar-refractivity contribution in [3.63, 3.8) is 0 Å². The van der Waals surface area contributed by atoms with Crippen LogP contribution in [0.5, 0.6) is 0 Å². The molecule has 0 aromatic heterocycles. The molecule has 0 spiro atoms. The molecule has 0 radical (unpaired) electrons. The lowest BCUT2D eigenvalue weighted by Crippen LogP contribution is -2.49. The molecule has 126 valence electrons. The predicted octanol–water partition coefficient (Wildman–Crippen LogP) is 4.26. The quantitative estimate of drug-likeness (QED) is 0.792. The third kappa shape index (κ3) is 3.41. The van der Waals surface area contributed by atoms with Crippen molar-refractivity contribution in [1.82, 2.24) is 9.80 Å². The maximum absolute atomic E-state index is 14.1. The van der Waals surface area contributed by atoms with Crippen LogP contribution in [0, 0.1) is 5.82 Å². The van der Waals surface area contributed by atoms with Gasteiger partial charge in [-0.05, 0) is 31.3 Å². The molecule has 1 aliphatic rings. The van der Waals surface area contributed by atoms with E-state index in [2.05, 4.69) is 4.90 Å². The van der Waals surface area contributed by atoms with Crippen molar-refractivity contribution in [2.24, 2.45) is 0 Å². The summed E-state index contributed by atoms with van der Waals surface area (Å²) in [5, 5.41) is 0.813. The Kier molecular flexibility index (Phi) is 5.09. The molecule has 0 bridgehead atoms. The number of hydrogen-bond acceptors (Lipinski definition) is 2. The summed E-state index contributed by atoms with van der Waals surface area (Å²) in [6.45, 7) is 1.64. The van der Waals surface area contributed by atoms with Gasteiger partial charge < -0.3 is 4.90 Å². The number of amides is 1. The molecule has 2 aromatic carbocycles. The van der Waals surface area contributed by atoms with E-state index < -0.39 is 0 Å². The summed E-state index contributed by atoms with van der Waals surface area (Å²) in [7, 11) is 1.94. The van der Waals surface area contributed by atoms with Gasteiger partial charge in [-0.25, -0.2) is 4.39 Å². The lowest BCUT2D eigenvalue weighted by Gasteiger charge is -2.40. The van der Waals surface area contributed by atoms with Crippen LogP contribution in [-0.4, -0.2) is 42.4 Å². The van der Waals surface area contributed by atoms with Gasteiger partial charge in [-0.1, -0.05) is 41.4 Å². The Labute approximate surface area is 150 Å². The van der Waals surface area contributed by atoms with Crippen molar-refractivity contribution in [2.75, 3.05) is 26.7 Å². The summed E-state index contributed by atoms with van der Waals surface area (Å²) in [6.07, 6.45) is 0. The van der Waals surface area contributed by atoms with Gasteiger partial charge in [0.1, 0.15) is 5.82 Å². The minimum atomic E-state index is -0.256. The van der Waals surface area contributed by atoms with Crippen LogP contribution in [0.1, 0.15) is 22.0 Å². The number of hydrogen-bond donors (Lipinski definition) is 0. The highest BCUT2D eigenvalue weighted by molar-refractivity contribution is 6.36. The van der Waals surface area contributed by atoms with Gasteiger partial charge in [-0.2, -0.15) is 0 Å². The van der Waals surface area contributed by atoms with Crippen molar-refractivity contribution in [1.29, 1.82) is 0 Å². The number of likely N-dealkylation sites (N-methyl/N-ethyl adjacent to an activating group) is 1. The second kappa shape index (κ2) is 7.09. The average Bonchev–Trinajstić information content (AvgIpc) is 2.55. The first-order valence-corrected chi connectivity index (χ1v) is 8.42. The fourth-order valence-corrected chi connectivity index (χ4v) is 3.46. The van der Waals surface area contributed by atoms with Gasteiger partial charge in [0.25, 0.3) is 5.91 Å². The highest BCUT2D eigenvalue weighted by Gasteiger charge is 2.31. The molecule has 3 rings (SSSR count). The number of nitrogens with zero attached hydrogens (tertiary/aromatic N) is 2. The third-order valence-electron chi connectivity index (χ3n) is 4.36. The first-order chi connectivity index (χ1) is 11.5. The summed E-state index contributed by atoms with van der Waals surface area (Å²) in [5.41, 5.74) is 1.01. The number of piperazine rings is 1. The molecule has 24 heavy (non-hydrogen) atoms. The second-order valence-electron chi connectivity index (χ2n) is 5.89. The smallest absolute Gasteiger partial charge is 0.255 e. The summed E-state index contributed by atoms with van der Waals surface area (Å²) in [6, 6.07) is 11.3. The third-order valence-corrected chi connectivity index (χ3v) is 4.91. The van der Waals surface area contributed by atoms with Gasteiger partial charge >= 0.3 is 0 Å². The maximum atomic E-state index is 14.1. The van der Waals surface area contributed by atoms with E-state index in [1.165, 1.54) is 6.07 Å². The summed E-state index contributed by atoms with van der Waals surface area (Å²) in [4.78, 5) is 16.6. The van der Waals surface area contributed by atoms with Crippen molar-refractivity contribution < 1.29 is 9.18 Å². The zero-order valence-electron chi connectivity index (χ0n) is 13.2. The first kappa shape index (κ1) is 17.2. The van der Waals surface area contributed by atoms with E-state index in [9.17, 15) is 9.18 Å². The van der Waals surface area contributed by atoms with Crippen molar-refractivity contribution in [3.05, 3.63) is 69.5 Å². The predicted molar refractivity (Wildman–Crippen MR) is 94.1 cm³/mol. The minimum Gasteiger partial charge on any atom is -0.335 e. The van der Waals surface area contributed by atoms with Gasteiger partial charge in [-0.3, -0.25) is 9.69 Å². The first-order valence-electron chi connectivity index (χ1n) is 7.66. The average molecular weight is 367 g/mol. The lowest BCUT2D eigenvalue weighted by molar-refractivity contribution is 0.0541. The molecule has 1 fully saturated rings. The Morgan fingerprint density at radius 3 is 2.62 bits per heavy atom. The molecule has 0 saturated carbocycles. The number of benzene rings is 2. The molecule has 2 aromatic rings. The van der Waals surface area contributed by atoms with Crippen LogP contribution in [0.2, 0.25) is 10.0 Å². The highest BCUT2D eigenvalue weighted by Crippen LogP contribution is 2.28. The van der Waals surface area contributed by atoms with Gasteiger partial charge in [0.2, 0.25) is 0 Å². The Morgan fingerprint density at radius 2 is 1.92 bits per heavy atom. The van der Waals surface area contributed by atoms with E-state index in [1.54, 1.807) is 35.2 Å². The zero-order chi connectivity index (χ0) is 17.3. The minimum absolute atomic E-state index is 0.161. The van der Waals surface area contributed by atoms with E-state index in [4.69, 9.17) is 23.2 Å². The SMILES string of the molecule is CN1CCN(C(=O)c2ccc(Cl)cc2Cl)CC1c1ccccc1F. The number of carbonyl (C=O) groups excluding carboxylic acids is 1. The molecule has 1 amide bonds. The molecule has 1 heterocycles. The van der Waals surface area contributed by atoms with Crippen LogP contribution in [0.25, 0.3) is 0 Å². The molecule has 1 unspecified atom stereocenters. The molecular weight excluding hydrogens is 350 g/mol. The van der Waals surface area contributed by atoms with E-state index >= 15 is 0 Å². The molecular formula is C18H17Cl2FN2O. The van der Waals surface area contributed by atoms with Crippen LogP contribution in [-0.2, 0) is 0 Å². The molecule has 6 heteroatoms. The van der Waals surface area contributed by atoms with E-state index in [-0.39, 0.29) is 17.8 Å². The normalized spacial score (nSPS) is 18.7. The van der Waals surface area contributed by atoms with Crippen molar-refractivity contribution >= 4 is 29.1 Å².